The fourth-order valence-electron chi connectivity index (χ4n) is 3.50. The van der Waals surface area contributed by atoms with Crippen LogP contribution in [0.4, 0.5) is 5.69 Å². The predicted octanol–water partition coefficient (Wildman–Crippen LogP) is 2.48. The molecule has 0 amide bonds. The topological polar surface area (TPSA) is 72.7 Å². The lowest BCUT2D eigenvalue weighted by Gasteiger charge is -2.30. The van der Waals surface area contributed by atoms with Gasteiger partial charge >= 0.3 is 5.97 Å². The molecule has 124 valence electrons. The Hall–Kier alpha value is -1.95. The number of non-ortho nitro benzene ring substituents is 1. The Bertz CT molecular complexity index is 613. The molecule has 0 bridgehead atoms. The summed E-state index contributed by atoms with van der Waals surface area (Å²) in [5, 5.41) is 10.9. The zero-order valence-electron chi connectivity index (χ0n) is 13.4. The van der Waals surface area contributed by atoms with Crippen LogP contribution in [0.5, 0.6) is 0 Å². The van der Waals surface area contributed by atoms with Crippen LogP contribution in [0.3, 0.4) is 0 Å². The van der Waals surface area contributed by atoms with Gasteiger partial charge in [0.05, 0.1) is 18.6 Å². The van der Waals surface area contributed by atoms with Gasteiger partial charge in [0.1, 0.15) is 0 Å². The Labute approximate surface area is 135 Å². The molecule has 1 unspecified atom stereocenters. The van der Waals surface area contributed by atoms with Crippen molar-refractivity contribution in [1.82, 2.24) is 4.90 Å². The maximum atomic E-state index is 11.7. The highest BCUT2D eigenvalue weighted by Crippen LogP contribution is 2.33. The molecule has 0 N–H and O–H groups in total. The number of nitrogens with zero attached hydrogens (tertiary/aromatic N) is 2. The molecule has 0 aromatic heterocycles. The van der Waals surface area contributed by atoms with E-state index in [1.807, 2.05) is 6.07 Å². The number of ether oxygens (including phenoxy) is 1. The standard InChI is InChI=1S/C17H22N2O4/c1-23-17(20)11-18(15-8-9-15)14-5-2-12-3-7-16(19(21)22)10-13(12)4-6-14/h3,7,10,14-15H,2,4-6,8-9,11H2,1H3. The number of aryl methyl sites for hydroxylation is 2. The van der Waals surface area contributed by atoms with Crippen LogP contribution in [0.1, 0.15) is 36.8 Å². The molecule has 2 aliphatic carbocycles. The highest BCUT2D eigenvalue weighted by atomic mass is 16.6. The number of nitro groups is 1. The van der Waals surface area contributed by atoms with Crippen molar-refractivity contribution in [2.45, 2.75) is 50.6 Å². The Morgan fingerprint density at radius 2 is 1.87 bits per heavy atom. The Morgan fingerprint density at radius 1 is 1.22 bits per heavy atom. The van der Waals surface area contributed by atoms with Crippen LogP contribution in [0, 0.1) is 10.1 Å². The molecule has 1 aromatic rings. The van der Waals surface area contributed by atoms with E-state index in [1.54, 1.807) is 12.1 Å². The molecule has 0 radical (unpaired) electrons. The van der Waals surface area contributed by atoms with Crippen molar-refractivity contribution in [1.29, 1.82) is 0 Å². The third-order valence-electron chi connectivity index (χ3n) is 4.92. The number of hydrogen-bond donors (Lipinski definition) is 0. The quantitative estimate of drug-likeness (QED) is 0.361. The zero-order chi connectivity index (χ0) is 16.4. The number of esters is 1. The molecule has 0 spiro atoms. The van der Waals surface area contributed by atoms with Gasteiger partial charge < -0.3 is 4.74 Å². The molecule has 0 saturated heterocycles. The van der Waals surface area contributed by atoms with E-state index in [2.05, 4.69) is 4.90 Å². The van der Waals surface area contributed by atoms with Gasteiger partial charge in [0.2, 0.25) is 0 Å². The van der Waals surface area contributed by atoms with Gasteiger partial charge in [-0.3, -0.25) is 19.8 Å². The van der Waals surface area contributed by atoms with Crippen molar-refractivity contribution in [3.05, 3.63) is 39.4 Å². The van der Waals surface area contributed by atoms with Crippen LogP contribution in [0.2, 0.25) is 0 Å². The van der Waals surface area contributed by atoms with Gasteiger partial charge in [0.25, 0.3) is 5.69 Å². The van der Waals surface area contributed by atoms with E-state index in [0.29, 0.717) is 18.6 Å². The second kappa shape index (κ2) is 6.66. The number of hydrogen-bond acceptors (Lipinski definition) is 5. The number of carbonyl (C=O) groups is 1. The molecule has 1 saturated carbocycles. The van der Waals surface area contributed by atoms with Gasteiger partial charge in [-0.15, -0.1) is 0 Å². The number of fused-ring (bicyclic) bond motifs is 1. The fraction of sp³-hybridized carbons (Fsp3) is 0.588. The second-order valence-electron chi connectivity index (χ2n) is 6.42. The first kappa shape index (κ1) is 15.9. The van der Waals surface area contributed by atoms with Crippen LogP contribution in [0.25, 0.3) is 0 Å². The Balaban J connectivity index is 1.72. The summed E-state index contributed by atoms with van der Waals surface area (Å²) in [6, 6.07) is 6.02. The highest BCUT2D eigenvalue weighted by Gasteiger charge is 2.36. The van der Waals surface area contributed by atoms with Gasteiger partial charge in [-0.05, 0) is 49.7 Å². The summed E-state index contributed by atoms with van der Waals surface area (Å²) in [4.78, 5) is 24.6. The van der Waals surface area contributed by atoms with Crippen LogP contribution in [-0.2, 0) is 22.4 Å². The summed E-state index contributed by atoms with van der Waals surface area (Å²) in [6.45, 7) is 0.350. The molecule has 0 aliphatic heterocycles. The average Bonchev–Trinajstić information content (AvgIpc) is 3.38. The summed E-state index contributed by atoms with van der Waals surface area (Å²) in [6.07, 6.45) is 5.94. The van der Waals surface area contributed by atoms with E-state index in [1.165, 1.54) is 12.7 Å². The van der Waals surface area contributed by atoms with Gasteiger partial charge in [0, 0.05) is 24.2 Å². The van der Waals surface area contributed by atoms with E-state index in [4.69, 9.17) is 4.74 Å². The monoisotopic (exact) mass is 318 g/mol. The molecule has 3 rings (SSSR count). The molecule has 6 nitrogen and oxygen atoms in total. The van der Waals surface area contributed by atoms with Gasteiger partial charge in [-0.2, -0.15) is 0 Å². The molecule has 1 fully saturated rings. The van der Waals surface area contributed by atoms with E-state index >= 15 is 0 Å². The minimum Gasteiger partial charge on any atom is -0.468 e. The van der Waals surface area contributed by atoms with Crippen LogP contribution >= 0.6 is 0 Å². The van der Waals surface area contributed by atoms with Gasteiger partial charge in [-0.1, -0.05) is 6.07 Å². The maximum Gasteiger partial charge on any atom is 0.319 e. The number of nitro benzene ring substituents is 1. The lowest BCUT2D eigenvalue weighted by molar-refractivity contribution is -0.384. The fourth-order valence-corrected chi connectivity index (χ4v) is 3.50. The number of benzene rings is 1. The molecule has 23 heavy (non-hydrogen) atoms. The Kier molecular flexibility index (Phi) is 4.61. The van der Waals surface area contributed by atoms with E-state index in [-0.39, 0.29) is 16.6 Å². The molecular weight excluding hydrogens is 296 g/mol. The highest BCUT2D eigenvalue weighted by molar-refractivity contribution is 5.71. The normalized spacial score (nSPS) is 20.7. The molecule has 1 atom stereocenters. The van der Waals surface area contributed by atoms with Crippen LogP contribution in [0.15, 0.2) is 18.2 Å². The zero-order valence-corrected chi connectivity index (χ0v) is 13.4. The first-order valence-corrected chi connectivity index (χ1v) is 8.17. The minimum absolute atomic E-state index is 0.163. The molecule has 6 heteroatoms. The maximum absolute atomic E-state index is 11.7. The van der Waals surface area contributed by atoms with Crippen LogP contribution in [-0.4, -0.2) is 41.5 Å². The molecular formula is C17H22N2O4. The molecule has 2 aliphatic rings. The SMILES string of the molecule is COC(=O)CN(C1CCc2ccc([N+](=O)[O-])cc2CC1)C1CC1. The lowest BCUT2D eigenvalue weighted by Crippen LogP contribution is -2.41. The van der Waals surface area contributed by atoms with Gasteiger partial charge in [-0.25, -0.2) is 0 Å². The first-order chi connectivity index (χ1) is 11.1. The van der Waals surface area contributed by atoms with Crippen molar-refractivity contribution in [2.75, 3.05) is 13.7 Å². The van der Waals surface area contributed by atoms with Gasteiger partial charge in [0.15, 0.2) is 0 Å². The minimum atomic E-state index is -0.337. The molecule has 0 heterocycles. The smallest absolute Gasteiger partial charge is 0.319 e. The second-order valence-corrected chi connectivity index (χ2v) is 6.42. The van der Waals surface area contributed by atoms with E-state index in [9.17, 15) is 14.9 Å². The third kappa shape index (κ3) is 3.69. The predicted molar refractivity (Wildman–Crippen MR) is 85.3 cm³/mol. The van der Waals surface area contributed by atoms with E-state index in [0.717, 1.165) is 44.1 Å². The largest absolute Gasteiger partial charge is 0.468 e. The van der Waals surface area contributed by atoms with Crippen molar-refractivity contribution >= 4 is 11.7 Å². The van der Waals surface area contributed by atoms with Crippen molar-refractivity contribution in [3.8, 4) is 0 Å². The van der Waals surface area contributed by atoms with Crippen molar-refractivity contribution < 1.29 is 14.5 Å². The number of methoxy groups -OCH3 is 1. The first-order valence-electron chi connectivity index (χ1n) is 8.17. The third-order valence-corrected chi connectivity index (χ3v) is 4.92. The van der Waals surface area contributed by atoms with Crippen molar-refractivity contribution in [2.24, 2.45) is 0 Å². The lowest BCUT2D eigenvalue weighted by atomic mass is 10.0. The summed E-state index contributed by atoms with van der Waals surface area (Å²) in [5.41, 5.74) is 2.44. The summed E-state index contributed by atoms with van der Waals surface area (Å²) in [7, 11) is 1.43. The summed E-state index contributed by atoms with van der Waals surface area (Å²) >= 11 is 0. The Morgan fingerprint density at radius 3 is 2.48 bits per heavy atom. The van der Waals surface area contributed by atoms with Crippen LogP contribution < -0.4 is 0 Å². The number of carbonyl (C=O) groups excluding carboxylic acids is 1. The molecule has 1 aromatic carbocycles. The average molecular weight is 318 g/mol. The summed E-state index contributed by atoms with van der Waals surface area (Å²) in [5.74, 6) is -0.186. The number of rotatable bonds is 5. The van der Waals surface area contributed by atoms with E-state index < -0.39 is 0 Å². The summed E-state index contributed by atoms with van der Waals surface area (Å²) < 4.78 is 4.83. The van der Waals surface area contributed by atoms with Crippen molar-refractivity contribution in [3.63, 3.8) is 0 Å².